The molecule has 1 saturated carbocycles. The van der Waals surface area contributed by atoms with Crippen LogP contribution in [-0.2, 0) is 4.79 Å². The van der Waals surface area contributed by atoms with Crippen LogP contribution in [0.2, 0.25) is 0 Å². The maximum atomic E-state index is 12.2. The zero-order valence-electron chi connectivity index (χ0n) is 17.4. The molecule has 3 atom stereocenters. The lowest BCUT2D eigenvalue weighted by molar-refractivity contribution is -0.157. The number of hydrogen-bond donors (Lipinski definition) is 1. The van der Waals surface area contributed by atoms with Gasteiger partial charge in [-0.05, 0) is 62.0 Å². The second-order valence-electron chi connectivity index (χ2n) is 8.38. The van der Waals surface area contributed by atoms with E-state index in [1.165, 1.54) is 6.08 Å². The number of allylic oxidation sites excluding steroid dienone is 2. The Hall–Kier alpha value is -2.39. The number of carbonyl (C=O) groups excluding carboxylic acids is 1. The number of hydrogen-bond acceptors (Lipinski definition) is 2. The summed E-state index contributed by atoms with van der Waals surface area (Å²) in [6, 6.07) is 7.86. The van der Waals surface area contributed by atoms with Crippen molar-refractivity contribution in [3.63, 3.8) is 0 Å². The smallest absolute Gasteiger partial charge is 0.270 e. The Morgan fingerprint density at radius 3 is 2.54 bits per heavy atom. The van der Waals surface area contributed by atoms with Gasteiger partial charge in [-0.15, -0.1) is 6.58 Å². The quantitative estimate of drug-likeness (QED) is 0.274. The van der Waals surface area contributed by atoms with Crippen molar-refractivity contribution >= 4 is 12.0 Å². The number of hydroxylamine groups is 2. The van der Waals surface area contributed by atoms with E-state index in [0.717, 1.165) is 46.6 Å². The van der Waals surface area contributed by atoms with Gasteiger partial charge in [0.2, 0.25) is 0 Å². The SMILES string of the molecule is C=C[C@]1(C)CC[C@@H](C(=C)CN(O)C(=O)/C=C/c2ccc(C)cc2)C[C@H]1C(=C)C. The molecule has 3 heteroatoms. The molecule has 150 valence electrons. The number of rotatable bonds is 7. The highest BCUT2D eigenvalue weighted by molar-refractivity contribution is 5.91. The van der Waals surface area contributed by atoms with Gasteiger partial charge in [-0.1, -0.05) is 67.1 Å². The fraction of sp³-hybridized carbons (Fsp3) is 0.400. The Kier molecular flexibility index (Phi) is 7.20. The first kappa shape index (κ1) is 21.9. The second-order valence-corrected chi connectivity index (χ2v) is 8.38. The molecule has 1 aliphatic carbocycles. The summed E-state index contributed by atoms with van der Waals surface area (Å²) in [6.07, 6.45) is 8.06. The first-order valence-electron chi connectivity index (χ1n) is 9.88. The third-order valence-corrected chi connectivity index (χ3v) is 6.09. The van der Waals surface area contributed by atoms with Gasteiger partial charge in [0.25, 0.3) is 5.91 Å². The third-order valence-electron chi connectivity index (χ3n) is 6.09. The van der Waals surface area contributed by atoms with Gasteiger partial charge >= 0.3 is 0 Å². The molecular weight excluding hydrogens is 346 g/mol. The van der Waals surface area contributed by atoms with Crippen molar-refractivity contribution in [2.75, 3.05) is 6.54 Å². The molecule has 1 aliphatic rings. The summed E-state index contributed by atoms with van der Waals surface area (Å²) < 4.78 is 0. The first-order valence-corrected chi connectivity index (χ1v) is 9.88. The summed E-state index contributed by atoms with van der Waals surface area (Å²) in [4.78, 5) is 12.2. The highest BCUT2D eigenvalue weighted by atomic mass is 16.5. The van der Waals surface area contributed by atoms with Crippen LogP contribution in [0.25, 0.3) is 6.08 Å². The molecule has 0 saturated heterocycles. The van der Waals surface area contributed by atoms with E-state index >= 15 is 0 Å². The minimum absolute atomic E-state index is 0.0497. The fourth-order valence-electron chi connectivity index (χ4n) is 4.04. The Labute approximate surface area is 169 Å². The van der Waals surface area contributed by atoms with Gasteiger partial charge in [-0.2, -0.15) is 0 Å². The van der Waals surface area contributed by atoms with E-state index < -0.39 is 5.91 Å². The third kappa shape index (κ3) is 5.32. The van der Waals surface area contributed by atoms with Gasteiger partial charge in [0.15, 0.2) is 0 Å². The molecule has 2 rings (SSSR count). The second kappa shape index (κ2) is 9.20. The summed E-state index contributed by atoms with van der Waals surface area (Å²) in [6.45, 7) is 18.8. The maximum absolute atomic E-state index is 12.2. The number of benzene rings is 1. The Bertz CT molecular complexity index is 774. The highest BCUT2D eigenvalue weighted by Crippen LogP contribution is 2.48. The minimum Gasteiger partial charge on any atom is -0.285 e. The molecular formula is C25H33NO2. The molecule has 1 fully saturated rings. The van der Waals surface area contributed by atoms with Gasteiger partial charge in [-0.3, -0.25) is 10.0 Å². The molecule has 0 spiro atoms. The van der Waals surface area contributed by atoms with Crippen LogP contribution in [0.3, 0.4) is 0 Å². The van der Waals surface area contributed by atoms with E-state index in [0.29, 0.717) is 5.92 Å². The predicted molar refractivity (Wildman–Crippen MR) is 117 cm³/mol. The van der Waals surface area contributed by atoms with E-state index in [4.69, 9.17) is 0 Å². The van der Waals surface area contributed by atoms with Crippen LogP contribution in [0.4, 0.5) is 0 Å². The molecule has 1 aromatic rings. The van der Waals surface area contributed by atoms with Crippen molar-refractivity contribution in [1.82, 2.24) is 5.06 Å². The zero-order valence-corrected chi connectivity index (χ0v) is 17.4. The lowest BCUT2D eigenvalue weighted by Gasteiger charge is -2.44. The molecule has 0 bridgehead atoms. The average Bonchev–Trinajstić information content (AvgIpc) is 2.67. The largest absolute Gasteiger partial charge is 0.285 e. The molecule has 0 unspecified atom stereocenters. The summed E-state index contributed by atoms with van der Waals surface area (Å²) >= 11 is 0. The van der Waals surface area contributed by atoms with Crippen molar-refractivity contribution in [2.45, 2.75) is 40.0 Å². The van der Waals surface area contributed by atoms with E-state index in [1.807, 2.05) is 37.3 Å². The lowest BCUT2D eigenvalue weighted by Crippen LogP contribution is -2.36. The molecule has 0 radical (unpaired) electrons. The van der Waals surface area contributed by atoms with E-state index in [1.54, 1.807) is 6.08 Å². The van der Waals surface area contributed by atoms with Crippen LogP contribution in [0.5, 0.6) is 0 Å². The minimum atomic E-state index is -0.440. The van der Waals surface area contributed by atoms with Crippen LogP contribution < -0.4 is 0 Å². The molecule has 0 aliphatic heterocycles. The van der Waals surface area contributed by atoms with Crippen molar-refractivity contribution < 1.29 is 10.0 Å². The highest BCUT2D eigenvalue weighted by Gasteiger charge is 2.39. The monoisotopic (exact) mass is 379 g/mol. The van der Waals surface area contributed by atoms with Crippen LogP contribution in [0, 0.1) is 24.2 Å². The normalized spacial score (nSPS) is 24.7. The maximum Gasteiger partial charge on any atom is 0.270 e. The van der Waals surface area contributed by atoms with Gasteiger partial charge < -0.3 is 0 Å². The van der Waals surface area contributed by atoms with Gasteiger partial charge in [0.05, 0.1) is 6.54 Å². The number of aryl methyl sites for hydroxylation is 1. The molecule has 0 aromatic heterocycles. The summed E-state index contributed by atoms with van der Waals surface area (Å²) in [7, 11) is 0. The number of amides is 1. The first-order chi connectivity index (χ1) is 13.2. The van der Waals surface area contributed by atoms with E-state index in [-0.39, 0.29) is 17.9 Å². The Morgan fingerprint density at radius 1 is 1.32 bits per heavy atom. The van der Waals surface area contributed by atoms with Crippen LogP contribution in [0.1, 0.15) is 44.2 Å². The molecule has 1 amide bonds. The van der Waals surface area contributed by atoms with Crippen LogP contribution in [-0.4, -0.2) is 22.7 Å². The molecule has 1 N–H and O–H groups in total. The fourth-order valence-corrected chi connectivity index (χ4v) is 4.04. The van der Waals surface area contributed by atoms with Crippen molar-refractivity contribution in [3.05, 3.63) is 78.4 Å². The molecule has 28 heavy (non-hydrogen) atoms. The van der Waals surface area contributed by atoms with Gasteiger partial charge in [-0.25, -0.2) is 5.06 Å². The number of nitrogens with zero attached hydrogens (tertiary/aromatic N) is 1. The van der Waals surface area contributed by atoms with Crippen molar-refractivity contribution in [1.29, 1.82) is 0 Å². The summed E-state index contributed by atoms with van der Waals surface area (Å²) in [5.41, 5.74) is 4.17. The van der Waals surface area contributed by atoms with E-state index in [9.17, 15) is 10.0 Å². The van der Waals surface area contributed by atoms with Crippen molar-refractivity contribution in [2.24, 2.45) is 17.3 Å². The predicted octanol–water partition coefficient (Wildman–Crippen LogP) is 5.97. The molecule has 3 nitrogen and oxygen atoms in total. The lowest BCUT2D eigenvalue weighted by atomic mass is 9.61. The van der Waals surface area contributed by atoms with Gasteiger partial charge in [0, 0.05) is 6.08 Å². The standard InChI is InChI=1S/C25H33NO2/c1-7-25(6)15-14-22(16-23(25)18(2)3)20(5)17-26(28)24(27)13-12-21-10-8-19(4)9-11-21/h7-13,22-23,28H,1-2,5,14-17H2,3-4,6H3/b13-12+/t22-,23+,25-/m1/s1. The van der Waals surface area contributed by atoms with E-state index in [2.05, 4.69) is 33.6 Å². The topological polar surface area (TPSA) is 40.5 Å². The molecule has 0 heterocycles. The average molecular weight is 380 g/mol. The van der Waals surface area contributed by atoms with Crippen LogP contribution in [0.15, 0.2) is 67.3 Å². The molecule has 1 aromatic carbocycles. The zero-order chi connectivity index (χ0) is 20.9. The van der Waals surface area contributed by atoms with Crippen molar-refractivity contribution in [3.8, 4) is 0 Å². The summed E-state index contributed by atoms with van der Waals surface area (Å²) in [5, 5.41) is 11.0. The summed E-state index contributed by atoms with van der Waals surface area (Å²) in [5.74, 6) is 0.160. The number of carbonyl (C=O) groups is 1. The van der Waals surface area contributed by atoms with Gasteiger partial charge in [0.1, 0.15) is 0 Å². The Balaban J connectivity index is 1.96. The Morgan fingerprint density at radius 2 is 1.96 bits per heavy atom. The van der Waals surface area contributed by atoms with Crippen LogP contribution >= 0.6 is 0 Å².